The molecular weight excluding hydrogens is 217 g/mol. The molecule has 14 heavy (non-hydrogen) atoms. The standard InChI is InChI=1S/C9H6ClF3O/c1-9(10,13)8(14)5-3-2-4-6(11)7(5)12/h2-4H,1H3. The number of hydrogen-bond donors (Lipinski definition) is 0. The maximum atomic E-state index is 13.0. The quantitative estimate of drug-likeness (QED) is 0.555. The third-order valence-electron chi connectivity index (χ3n) is 1.59. The van der Waals surface area contributed by atoms with Crippen molar-refractivity contribution in [3.63, 3.8) is 0 Å². The maximum absolute atomic E-state index is 13.0. The first-order valence-electron chi connectivity index (χ1n) is 3.70. The van der Waals surface area contributed by atoms with Crippen molar-refractivity contribution in [2.24, 2.45) is 0 Å². The van der Waals surface area contributed by atoms with Crippen molar-refractivity contribution < 1.29 is 18.0 Å². The van der Waals surface area contributed by atoms with Gasteiger partial charge in [0, 0.05) is 0 Å². The van der Waals surface area contributed by atoms with Crippen LogP contribution in [0.1, 0.15) is 17.3 Å². The van der Waals surface area contributed by atoms with Crippen molar-refractivity contribution in [1.29, 1.82) is 0 Å². The summed E-state index contributed by atoms with van der Waals surface area (Å²) in [5.74, 6) is -3.89. The Labute approximate surface area is 83.5 Å². The number of carbonyl (C=O) groups excluding carboxylic acids is 1. The van der Waals surface area contributed by atoms with E-state index in [0.717, 1.165) is 25.1 Å². The lowest BCUT2D eigenvalue weighted by atomic mass is 10.1. The topological polar surface area (TPSA) is 17.1 Å². The normalized spacial score (nSPS) is 14.9. The van der Waals surface area contributed by atoms with E-state index < -0.39 is 28.1 Å². The van der Waals surface area contributed by atoms with Gasteiger partial charge in [0.1, 0.15) is 0 Å². The van der Waals surface area contributed by atoms with Crippen LogP contribution in [0.2, 0.25) is 0 Å². The molecule has 0 bridgehead atoms. The van der Waals surface area contributed by atoms with Crippen molar-refractivity contribution in [3.8, 4) is 0 Å². The monoisotopic (exact) mass is 222 g/mol. The Bertz CT molecular complexity index is 371. The van der Waals surface area contributed by atoms with Crippen LogP contribution >= 0.6 is 11.6 Å². The van der Waals surface area contributed by atoms with Gasteiger partial charge in [0.2, 0.25) is 10.9 Å². The Morgan fingerprint density at radius 1 is 1.43 bits per heavy atom. The molecule has 0 amide bonds. The van der Waals surface area contributed by atoms with Gasteiger partial charge in [-0.3, -0.25) is 4.79 Å². The van der Waals surface area contributed by atoms with Gasteiger partial charge in [-0.2, -0.15) is 0 Å². The van der Waals surface area contributed by atoms with Gasteiger partial charge in [0.25, 0.3) is 0 Å². The molecule has 5 heteroatoms. The van der Waals surface area contributed by atoms with E-state index in [1.807, 2.05) is 0 Å². The Kier molecular flexibility index (Phi) is 2.85. The van der Waals surface area contributed by atoms with Gasteiger partial charge < -0.3 is 0 Å². The van der Waals surface area contributed by atoms with Crippen LogP contribution in [-0.4, -0.2) is 10.9 Å². The summed E-state index contributed by atoms with van der Waals surface area (Å²) in [5, 5.41) is -2.73. The van der Waals surface area contributed by atoms with Crippen LogP contribution in [0.15, 0.2) is 18.2 Å². The molecule has 0 fully saturated rings. The largest absolute Gasteiger partial charge is 0.289 e. The second kappa shape index (κ2) is 3.61. The van der Waals surface area contributed by atoms with E-state index in [9.17, 15) is 18.0 Å². The predicted octanol–water partition coefficient (Wildman–Crippen LogP) is 3.07. The molecule has 0 radical (unpaired) electrons. The SMILES string of the molecule is CC(F)(Cl)C(=O)c1cccc(F)c1F. The highest BCUT2D eigenvalue weighted by molar-refractivity contribution is 6.36. The second-order valence-corrected chi connectivity index (χ2v) is 3.53. The summed E-state index contributed by atoms with van der Waals surface area (Å²) in [6.07, 6.45) is 0. The number of benzene rings is 1. The minimum atomic E-state index is -2.73. The van der Waals surface area contributed by atoms with Gasteiger partial charge >= 0.3 is 0 Å². The lowest BCUT2D eigenvalue weighted by Gasteiger charge is -2.10. The zero-order valence-corrected chi connectivity index (χ0v) is 7.91. The third-order valence-corrected chi connectivity index (χ3v) is 1.77. The average Bonchev–Trinajstić information content (AvgIpc) is 2.07. The summed E-state index contributed by atoms with van der Waals surface area (Å²) >= 11 is 5.04. The molecule has 0 aliphatic carbocycles. The molecule has 0 spiro atoms. The van der Waals surface area contributed by atoms with Crippen LogP contribution in [-0.2, 0) is 0 Å². The van der Waals surface area contributed by atoms with Crippen LogP contribution in [0.4, 0.5) is 13.2 Å². The van der Waals surface area contributed by atoms with Gasteiger partial charge in [-0.15, -0.1) is 0 Å². The zero-order chi connectivity index (χ0) is 10.9. The Balaban J connectivity index is 3.21. The average molecular weight is 223 g/mol. The summed E-state index contributed by atoms with van der Waals surface area (Å²) in [7, 11) is 0. The van der Waals surface area contributed by atoms with Crippen LogP contribution in [0.5, 0.6) is 0 Å². The molecule has 0 aliphatic rings. The number of alkyl halides is 2. The van der Waals surface area contributed by atoms with E-state index in [1.165, 1.54) is 0 Å². The summed E-state index contributed by atoms with van der Waals surface area (Å²) < 4.78 is 38.5. The highest BCUT2D eigenvalue weighted by Crippen LogP contribution is 2.24. The Morgan fingerprint density at radius 3 is 2.50 bits per heavy atom. The molecule has 1 aromatic rings. The molecule has 0 saturated carbocycles. The van der Waals surface area contributed by atoms with E-state index in [1.54, 1.807) is 0 Å². The maximum Gasteiger partial charge on any atom is 0.243 e. The molecule has 0 aliphatic heterocycles. The Morgan fingerprint density at radius 2 is 2.00 bits per heavy atom. The molecule has 0 N–H and O–H groups in total. The Hall–Kier alpha value is -1.03. The summed E-state index contributed by atoms with van der Waals surface area (Å²) in [6.45, 7) is 0.765. The molecular formula is C9H6ClF3O. The van der Waals surface area contributed by atoms with Crippen LogP contribution in [0.25, 0.3) is 0 Å². The molecule has 76 valence electrons. The number of halogens is 4. The third kappa shape index (κ3) is 2.07. The van der Waals surface area contributed by atoms with Gasteiger partial charge in [0.15, 0.2) is 11.6 Å². The van der Waals surface area contributed by atoms with E-state index in [-0.39, 0.29) is 0 Å². The fourth-order valence-corrected chi connectivity index (χ4v) is 1.02. The molecule has 0 saturated heterocycles. The molecule has 0 heterocycles. The van der Waals surface area contributed by atoms with Crippen molar-refractivity contribution in [3.05, 3.63) is 35.4 Å². The van der Waals surface area contributed by atoms with Crippen molar-refractivity contribution in [1.82, 2.24) is 0 Å². The fraction of sp³-hybridized carbons (Fsp3) is 0.222. The number of rotatable bonds is 2. The number of carbonyl (C=O) groups is 1. The molecule has 0 aromatic heterocycles. The van der Waals surface area contributed by atoms with Crippen LogP contribution in [0, 0.1) is 11.6 Å². The van der Waals surface area contributed by atoms with Gasteiger partial charge in [-0.05, 0) is 19.1 Å². The predicted molar refractivity (Wildman–Crippen MR) is 46.1 cm³/mol. The van der Waals surface area contributed by atoms with Gasteiger partial charge in [-0.25, -0.2) is 13.2 Å². The number of ketones is 1. The summed E-state index contributed by atoms with van der Waals surface area (Å²) in [5.41, 5.74) is -0.690. The van der Waals surface area contributed by atoms with Crippen molar-refractivity contribution >= 4 is 17.4 Å². The first-order chi connectivity index (χ1) is 6.34. The molecule has 1 atom stereocenters. The van der Waals surface area contributed by atoms with Crippen LogP contribution in [0.3, 0.4) is 0 Å². The smallest absolute Gasteiger partial charge is 0.243 e. The van der Waals surface area contributed by atoms with Gasteiger partial charge in [0.05, 0.1) is 5.56 Å². The minimum absolute atomic E-state index is 0.690. The van der Waals surface area contributed by atoms with E-state index >= 15 is 0 Å². The fourth-order valence-electron chi connectivity index (χ4n) is 0.916. The first-order valence-corrected chi connectivity index (χ1v) is 4.08. The minimum Gasteiger partial charge on any atom is -0.289 e. The van der Waals surface area contributed by atoms with Gasteiger partial charge in [-0.1, -0.05) is 17.7 Å². The molecule has 1 rings (SSSR count). The summed E-state index contributed by atoms with van der Waals surface area (Å²) in [6, 6.07) is 2.91. The lowest BCUT2D eigenvalue weighted by molar-refractivity contribution is 0.0845. The first kappa shape index (κ1) is 11.0. The van der Waals surface area contributed by atoms with Crippen molar-refractivity contribution in [2.45, 2.75) is 12.1 Å². The number of hydrogen-bond acceptors (Lipinski definition) is 1. The van der Waals surface area contributed by atoms with Crippen molar-refractivity contribution in [2.75, 3.05) is 0 Å². The molecule has 1 unspecified atom stereocenters. The van der Waals surface area contributed by atoms with E-state index in [4.69, 9.17) is 11.6 Å². The highest BCUT2D eigenvalue weighted by atomic mass is 35.5. The highest BCUT2D eigenvalue weighted by Gasteiger charge is 2.33. The lowest BCUT2D eigenvalue weighted by Crippen LogP contribution is -2.24. The van der Waals surface area contributed by atoms with Crippen LogP contribution < -0.4 is 0 Å². The second-order valence-electron chi connectivity index (χ2n) is 2.82. The molecule has 1 aromatic carbocycles. The van der Waals surface area contributed by atoms with E-state index in [2.05, 4.69) is 0 Å². The zero-order valence-electron chi connectivity index (χ0n) is 7.15. The number of Topliss-reactive ketones (excluding diaryl/α,β-unsaturated/α-hetero) is 1. The molecule has 1 nitrogen and oxygen atoms in total. The van der Waals surface area contributed by atoms with E-state index in [0.29, 0.717) is 0 Å². The summed E-state index contributed by atoms with van der Waals surface area (Å²) in [4.78, 5) is 11.1.